The van der Waals surface area contributed by atoms with E-state index in [0.29, 0.717) is 41.6 Å². The van der Waals surface area contributed by atoms with Crippen LogP contribution in [0.15, 0.2) is 42.6 Å². The van der Waals surface area contributed by atoms with Crippen LogP contribution in [-0.2, 0) is 0 Å². The number of pyridine rings is 1. The molecule has 0 radical (unpaired) electrons. The Balaban J connectivity index is 1.50. The van der Waals surface area contributed by atoms with Crippen LogP contribution < -0.4 is 25.0 Å². The van der Waals surface area contributed by atoms with Crippen molar-refractivity contribution in [2.75, 3.05) is 37.5 Å². The molecule has 176 valence electrons. The lowest BCUT2D eigenvalue weighted by molar-refractivity contribution is 0.249. The number of benzene rings is 2. The molecule has 0 aliphatic carbocycles. The van der Waals surface area contributed by atoms with Gasteiger partial charge in [-0.25, -0.2) is 4.79 Å². The first-order chi connectivity index (χ1) is 16.4. The molecule has 3 aromatic rings. The SMILES string of the molecule is COc1cc2ncc(C#N)c(N3CCC(NC(=O)Nc4ccc(C(C)C)cc4)C3)c2cc1OC. The van der Waals surface area contributed by atoms with Gasteiger partial charge in [-0.15, -0.1) is 0 Å². The molecule has 1 atom stereocenters. The Bertz CT molecular complexity index is 1230. The van der Waals surface area contributed by atoms with Gasteiger partial charge in [0.2, 0.25) is 0 Å². The number of methoxy groups -OCH3 is 2. The second-order valence-electron chi connectivity index (χ2n) is 8.66. The zero-order valence-corrected chi connectivity index (χ0v) is 19.9. The zero-order chi connectivity index (χ0) is 24.2. The summed E-state index contributed by atoms with van der Waals surface area (Å²) in [7, 11) is 3.16. The fourth-order valence-corrected chi connectivity index (χ4v) is 4.31. The fraction of sp³-hybridized carbons (Fsp3) is 0.346. The smallest absolute Gasteiger partial charge is 0.319 e. The van der Waals surface area contributed by atoms with Gasteiger partial charge < -0.3 is 25.0 Å². The highest BCUT2D eigenvalue weighted by Crippen LogP contribution is 2.38. The van der Waals surface area contributed by atoms with Crippen molar-refractivity contribution in [3.63, 3.8) is 0 Å². The van der Waals surface area contributed by atoms with Crippen LogP contribution in [0.1, 0.15) is 37.3 Å². The van der Waals surface area contributed by atoms with Crippen LogP contribution in [0.25, 0.3) is 10.9 Å². The molecule has 2 N–H and O–H groups in total. The normalized spacial score (nSPS) is 15.3. The first-order valence-corrected chi connectivity index (χ1v) is 11.3. The van der Waals surface area contributed by atoms with Gasteiger partial charge in [-0.05, 0) is 36.1 Å². The Morgan fingerprint density at radius 1 is 1.18 bits per heavy atom. The molecule has 1 aliphatic heterocycles. The maximum Gasteiger partial charge on any atom is 0.319 e. The molecular weight excluding hydrogens is 430 g/mol. The Morgan fingerprint density at radius 2 is 1.88 bits per heavy atom. The minimum Gasteiger partial charge on any atom is -0.493 e. The van der Waals surface area contributed by atoms with E-state index >= 15 is 0 Å². The van der Waals surface area contributed by atoms with Gasteiger partial charge >= 0.3 is 6.03 Å². The topological polar surface area (TPSA) is 99.5 Å². The average Bonchev–Trinajstić information content (AvgIpc) is 3.30. The summed E-state index contributed by atoms with van der Waals surface area (Å²) in [5.41, 5.74) is 3.97. The van der Waals surface area contributed by atoms with Crippen molar-refractivity contribution in [3.05, 3.63) is 53.7 Å². The Labute approximate surface area is 199 Å². The molecule has 0 saturated carbocycles. The number of carbonyl (C=O) groups is 1. The molecule has 1 unspecified atom stereocenters. The number of fused-ring (bicyclic) bond motifs is 1. The molecule has 4 rings (SSSR count). The Morgan fingerprint density at radius 3 is 2.53 bits per heavy atom. The first kappa shape index (κ1) is 23.2. The van der Waals surface area contributed by atoms with E-state index in [4.69, 9.17) is 9.47 Å². The van der Waals surface area contributed by atoms with E-state index in [1.165, 1.54) is 5.56 Å². The van der Waals surface area contributed by atoms with Crippen LogP contribution >= 0.6 is 0 Å². The molecule has 2 amide bonds. The minimum atomic E-state index is -0.240. The van der Waals surface area contributed by atoms with E-state index in [0.717, 1.165) is 23.2 Å². The lowest BCUT2D eigenvalue weighted by atomic mass is 10.0. The maximum absolute atomic E-state index is 12.6. The van der Waals surface area contributed by atoms with Gasteiger partial charge in [0.15, 0.2) is 11.5 Å². The number of nitriles is 1. The van der Waals surface area contributed by atoms with E-state index in [1.807, 2.05) is 36.4 Å². The summed E-state index contributed by atoms with van der Waals surface area (Å²) in [5.74, 6) is 1.60. The number of carbonyl (C=O) groups excluding carboxylic acids is 1. The number of urea groups is 1. The third kappa shape index (κ3) is 4.69. The highest BCUT2D eigenvalue weighted by molar-refractivity contribution is 5.97. The van der Waals surface area contributed by atoms with Gasteiger partial charge in [-0.2, -0.15) is 5.26 Å². The summed E-state index contributed by atoms with van der Waals surface area (Å²) in [4.78, 5) is 19.1. The van der Waals surface area contributed by atoms with Crippen LogP contribution in [0.4, 0.5) is 16.2 Å². The molecule has 8 heteroatoms. The summed E-state index contributed by atoms with van der Waals surface area (Å²) < 4.78 is 10.9. The third-order valence-electron chi connectivity index (χ3n) is 6.14. The number of hydrogen-bond donors (Lipinski definition) is 2. The van der Waals surface area contributed by atoms with Crippen molar-refractivity contribution in [1.29, 1.82) is 5.26 Å². The van der Waals surface area contributed by atoms with Crippen molar-refractivity contribution >= 4 is 28.3 Å². The number of nitrogens with one attached hydrogen (secondary N) is 2. The van der Waals surface area contributed by atoms with Gasteiger partial charge in [-0.3, -0.25) is 4.98 Å². The zero-order valence-electron chi connectivity index (χ0n) is 19.9. The monoisotopic (exact) mass is 459 g/mol. The number of nitrogens with zero attached hydrogens (tertiary/aromatic N) is 3. The van der Waals surface area contributed by atoms with Crippen molar-refractivity contribution < 1.29 is 14.3 Å². The van der Waals surface area contributed by atoms with Gasteiger partial charge in [-0.1, -0.05) is 26.0 Å². The van der Waals surface area contributed by atoms with Crippen LogP contribution in [-0.4, -0.2) is 44.4 Å². The molecular formula is C26H29N5O3. The Hall–Kier alpha value is -3.99. The van der Waals surface area contributed by atoms with E-state index in [1.54, 1.807) is 20.4 Å². The molecule has 8 nitrogen and oxygen atoms in total. The van der Waals surface area contributed by atoms with Gasteiger partial charge in [0.25, 0.3) is 0 Å². The van der Waals surface area contributed by atoms with E-state index < -0.39 is 0 Å². The number of aromatic nitrogens is 1. The van der Waals surface area contributed by atoms with Crippen molar-refractivity contribution in [2.24, 2.45) is 0 Å². The fourth-order valence-electron chi connectivity index (χ4n) is 4.31. The minimum absolute atomic E-state index is 0.0511. The molecule has 1 saturated heterocycles. The maximum atomic E-state index is 12.6. The number of anilines is 2. The highest BCUT2D eigenvalue weighted by Gasteiger charge is 2.28. The number of ether oxygens (including phenoxy) is 2. The summed E-state index contributed by atoms with van der Waals surface area (Å²) >= 11 is 0. The molecule has 1 aliphatic rings. The van der Waals surface area contributed by atoms with Crippen molar-refractivity contribution in [1.82, 2.24) is 10.3 Å². The number of amides is 2. The summed E-state index contributed by atoms with van der Waals surface area (Å²) in [5, 5.41) is 16.5. The predicted molar refractivity (Wildman–Crippen MR) is 133 cm³/mol. The second-order valence-corrected chi connectivity index (χ2v) is 8.66. The van der Waals surface area contributed by atoms with Crippen LogP contribution in [0.3, 0.4) is 0 Å². The molecule has 1 fully saturated rings. The van der Waals surface area contributed by atoms with E-state index in [2.05, 4.69) is 40.4 Å². The molecule has 0 bridgehead atoms. The molecule has 2 heterocycles. The first-order valence-electron chi connectivity index (χ1n) is 11.3. The summed E-state index contributed by atoms with van der Waals surface area (Å²) in [6.07, 6.45) is 2.35. The molecule has 34 heavy (non-hydrogen) atoms. The predicted octanol–water partition coefficient (Wildman–Crippen LogP) is 4.65. The lowest BCUT2D eigenvalue weighted by Crippen LogP contribution is -2.39. The van der Waals surface area contributed by atoms with E-state index in [-0.39, 0.29) is 12.1 Å². The number of hydrogen-bond acceptors (Lipinski definition) is 6. The van der Waals surface area contributed by atoms with E-state index in [9.17, 15) is 10.1 Å². The quantitative estimate of drug-likeness (QED) is 0.557. The molecule has 2 aromatic carbocycles. The Kier molecular flexibility index (Phi) is 6.73. The largest absolute Gasteiger partial charge is 0.493 e. The lowest BCUT2D eigenvalue weighted by Gasteiger charge is -2.22. The van der Waals surface area contributed by atoms with Crippen LogP contribution in [0.5, 0.6) is 11.5 Å². The number of rotatable bonds is 6. The van der Waals surface area contributed by atoms with Gasteiger partial charge in [0.1, 0.15) is 6.07 Å². The van der Waals surface area contributed by atoms with Crippen LogP contribution in [0.2, 0.25) is 0 Å². The molecule has 1 aromatic heterocycles. The average molecular weight is 460 g/mol. The van der Waals surface area contributed by atoms with Gasteiger partial charge in [0.05, 0.1) is 31.0 Å². The second kappa shape index (κ2) is 9.87. The summed E-state index contributed by atoms with van der Waals surface area (Å²) in [6.45, 7) is 5.56. The third-order valence-corrected chi connectivity index (χ3v) is 6.14. The van der Waals surface area contributed by atoms with Crippen molar-refractivity contribution in [3.8, 4) is 17.6 Å². The highest BCUT2D eigenvalue weighted by atomic mass is 16.5. The summed E-state index contributed by atoms with van der Waals surface area (Å²) in [6, 6.07) is 13.5. The standard InChI is InChI=1S/C26H29N5O3/c1-16(2)17-5-7-19(8-6-17)29-26(32)30-20-9-10-31(15-20)25-18(13-27)14-28-22-12-24(34-4)23(33-3)11-21(22)25/h5-8,11-12,14,16,20H,9-10,15H2,1-4H3,(H2,29,30,32). The van der Waals surface area contributed by atoms with Gasteiger partial charge in [0, 0.05) is 42.5 Å². The molecule has 0 spiro atoms. The van der Waals surface area contributed by atoms with Crippen molar-refractivity contribution in [2.45, 2.75) is 32.2 Å². The van der Waals surface area contributed by atoms with Crippen LogP contribution in [0, 0.1) is 11.3 Å².